The van der Waals surface area contributed by atoms with Crippen LogP contribution < -0.4 is 0 Å². The molecule has 0 heterocycles. The SMILES string of the molecule is CCCCCCCCCCCCCC(=O)OCC(COC(=O)CCCCCCCCCCCCC)OCOC(C)=O. The highest BCUT2D eigenvalue weighted by atomic mass is 16.7. The van der Waals surface area contributed by atoms with Gasteiger partial charge in [-0.3, -0.25) is 14.4 Å². The van der Waals surface area contributed by atoms with Crippen LogP contribution in [0.25, 0.3) is 0 Å². The zero-order chi connectivity index (χ0) is 30.2. The molecule has 0 amide bonds. The van der Waals surface area contributed by atoms with Crippen LogP contribution in [0.2, 0.25) is 0 Å². The molecule has 0 bridgehead atoms. The number of rotatable bonds is 31. The van der Waals surface area contributed by atoms with Crippen LogP contribution in [-0.2, 0) is 33.3 Å². The molecule has 41 heavy (non-hydrogen) atoms. The number of carbonyl (C=O) groups excluding carboxylic acids is 3. The average Bonchev–Trinajstić information content (AvgIpc) is 2.95. The van der Waals surface area contributed by atoms with Gasteiger partial charge in [-0.1, -0.05) is 142 Å². The van der Waals surface area contributed by atoms with Crippen molar-refractivity contribution < 1.29 is 33.3 Å². The van der Waals surface area contributed by atoms with Crippen molar-refractivity contribution in [3.05, 3.63) is 0 Å². The minimum atomic E-state index is -0.670. The van der Waals surface area contributed by atoms with E-state index in [1.54, 1.807) is 0 Å². The van der Waals surface area contributed by atoms with Gasteiger partial charge in [0.15, 0.2) is 6.79 Å². The van der Waals surface area contributed by atoms with Crippen molar-refractivity contribution >= 4 is 17.9 Å². The minimum absolute atomic E-state index is 0.0378. The van der Waals surface area contributed by atoms with Crippen LogP contribution in [0.3, 0.4) is 0 Å². The Bertz CT molecular complexity index is 566. The molecule has 7 nitrogen and oxygen atoms in total. The van der Waals surface area contributed by atoms with Gasteiger partial charge in [-0.2, -0.15) is 0 Å². The van der Waals surface area contributed by atoms with Gasteiger partial charge in [-0.25, -0.2) is 0 Å². The van der Waals surface area contributed by atoms with Crippen LogP contribution >= 0.6 is 0 Å². The second-order valence-corrected chi connectivity index (χ2v) is 11.5. The van der Waals surface area contributed by atoms with Gasteiger partial charge in [0.1, 0.15) is 19.3 Å². The van der Waals surface area contributed by atoms with Crippen molar-refractivity contribution in [3.63, 3.8) is 0 Å². The lowest BCUT2D eigenvalue weighted by atomic mass is 10.1. The molecular formula is C34H64O7. The highest BCUT2D eigenvalue weighted by Crippen LogP contribution is 2.14. The average molecular weight is 585 g/mol. The third-order valence-electron chi connectivity index (χ3n) is 7.40. The van der Waals surface area contributed by atoms with Crippen molar-refractivity contribution in [2.75, 3.05) is 20.0 Å². The van der Waals surface area contributed by atoms with Crippen molar-refractivity contribution in [2.24, 2.45) is 0 Å². The van der Waals surface area contributed by atoms with Gasteiger partial charge in [-0.15, -0.1) is 0 Å². The first-order valence-corrected chi connectivity index (χ1v) is 17.1. The Morgan fingerprint density at radius 3 is 1.10 bits per heavy atom. The van der Waals surface area contributed by atoms with E-state index in [1.165, 1.54) is 110 Å². The highest BCUT2D eigenvalue weighted by molar-refractivity contribution is 5.69. The van der Waals surface area contributed by atoms with E-state index in [0.717, 1.165) is 38.5 Å². The predicted molar refractivity (Wildman–Crippen MR) is 166 cm³/mol. The maximum atomic E-state index is 12.2. The van der Waals surface area contributed by atoms with Crippen molar-refractivity contribution in [1.29, 1.82) is 0 Å². The highest BCUT2D eigenvalue weighted by Gasteiger charge is 2.16. The molecule has 0 aromatic rings. The second-order valence-electron chi connectivity index (χ2n) is 11.5. The van der Waals surface area contributed by atoms with Crippen LogP contribution in [0.1, 0.15) is 175 Å². The molecule has 0 radical (unpaired) electrons. The zero-order valence-electron chi connectivity index (χ0n) is 27.0. The second kappa shape index (κ2) is 31.3. The molecule has 0 saturated heterocycles. The quantitative estimate of drug-likeness (QED) is 0.0347. The smallest absolute Gasteiger partial charge is 0.305 e. The number of hydrogen-bond donors (Lipinski definition) is 0. The molecule has 0 aliphatic carbocycles. The van der Waals surface area contributed by atoms with Crippen LogP contribution in [0.15, 0.2) is 0 Å². The summed E-state index contributed by atoms with van der Waals surface area (Å²) < 4.78 is 21.0. The van der Waals surface area contributed by atoms with Gasteiger partial charge in [0, 0.05) is 19.8 Å². The monoisotopic (exact) mass is 584 g/mol. The van der Waals surface area contributed by atoms with Gasteiger partial charge in [-0.05, 0) is 12.8 Å². The Balaban J connectivity index is 3.95. The molecule has 0 saturated carbocycles. The van der Waals surface area contributed by atoms with Gasteiger partial charge in [0.2, 0.25) is 0 Å². The summed E-state index contributed by atoms with van der Waals surface area (Å²) >= 11 is 0. The summed E-state index contributed by atoms with van der Waals surface area (Å²) in [5, 5.41) is 0. The van der Waals surface area contributed by atoms with E-state index in [0.29, 0.717) is 12.8 Å². The molecule has 0 atom stereocenters. The normalized spacial score (nSPS) is 11.1. The summed E-state index contributed by atoms with van der Waals surface area (Å²) in [5.41, 5.74) is 0. The maximum absolute atomic E-state index is 12.2. The molecule has 0 fully saturated rings. The Hall–Kier alpha value is -1.63. The molecule has 0 unspecified atom stereocenters. The van der Waals surface area contributed by atoms with Gasteiger partial charge < -0.3 is 18.9 Å². The van der Waals surface area contributed by atoms with E-state index in [-0.39, 0.29) is 31.9 Å². The number of carbonyl (C=O) groups is 3. The van der Waals surface area contributed by atoms with Gasteiger partial charge in [0.05, 0.1) is 0 Å². The molecule has 0 aliphatic rings. The fourth-order valence-corrected chi connectivity index (χ4v) is 4.74. The van der Waals surface area contributed by atoms with E-state index in [9.17, 15) is 14.4 Å². The molecule has 242 valence electrons. The van der Waals surface area contributed by atoms with Gasteiger partial charge >= 0.3 is 17.9 Å². The Labute approximate surface area is 252 Å². The molecule has 0 rings (SSSR count). The summed E-state index contributed by atoms with van der Waals surface area (Å²) in [7, 11) is 0. The van der Waals surface area contributed by atoms with Gasteiger partial charge in [0.25, 0.3) is 0 Å². The van der Waals surface area contributed by atoms with Crippen molar-refractivity contribution in [2.45, 2.75) is 181 Å². The fraction of sp³-hybridized carbons (Fsp3) is 0.912. The summed E-state index contributed by atoms with van der Waals surface area (Å²) in [5.74, 6) is -1.03. The van der Waals surface area contributed by atoms with E-state index < -0.39 is 12.1 Å². The summed E-state index contributed by atoms with van der Waals surface area (Å²) in [6.45, 7) is 5.43. The Morgan fingerprint density at radius 2 is 0.780 bits per heavy atom. The Morgan fingerprint density at radius 1 is 0.463 bits per heavy atom. The first-order valence-electron chi connectivity index (χ1n) is 17.1. The van der Waals surface area contributed by atoms with E-state index in [1.807, 2.05) is 0 Å². The first kappa shape index (κ1) is 39.4. The number of hydrogen-bond acceptors (Lipinski definition) is 7. The topological polar surface area (TPSA) is 88.1 Å². The maximum Gasteiger partial charge on any atom is 0.305 e. The number of ether oxygens (including phenoxy) is 4. The number of esters is 3. The summed E-state index contributed by atoms with van der Waals surface area (Å²) in [6, 6.07) is 0. The predicted octanol–water partition coefficient (Wildman–Crippen LogP) is 9.38. The number of unbranched alkanes of at least 4 members (excludes halogenated alkanes) is 20. The summed E-state index contributed by atoms with van der Waals surface area (Å²) in [4.78, 5) is 35.4. The standard InChI is InChI=1S/C34H64O7/c1-4-6-8-10-12-14-16-18-20-22-24-26-33(36)38-28-32(41-30-40-31(3)35)29-39-34(37)27-25-23-21-19-17-15-13-11-9-7-5-2/h32H,4-30H2,1-3H3. The minimum Gasteiger partial charge on any atom is -0.463 e. The first-order chi connectivity index (χ1) is 20.0. The molecular weight excluding hydrogens is 520 g/mol. The van der Waals surface area contributed by atoms with E-state index in [4.69, 9.17) is 18.9 Å². The molecule has 0 aromatic heterocycles. The molecule has 7 heteroatoms. The zero-order valence-corrected chi connectivity index (χ0v) is 27.0. The molecule has 0 aliphatic heterocycles. The van der Waals surface area contributed by atoms with Crippen molar-refractivity contribution in [3.8, 4) is 0 Å². The Kier molecular flexibility index (Phi) is 30.1. The van der Waals surface area contributed by atoms with Crippen LogP contribution in [-0.4, -0.2) is 44.0 Å². The third-order valence-corrected chi connectivity index (χ3v) is 7.40. The third kappa shape index (κ3) is 31.1. The van der Waals surface area contributed by atoms with Crippen LogP contribution in [0.4, 0.5) is 0 Å². The molecule has 0 aromatic carbocycles. The molecule has 0 spiro atoms. The summed E-state index contributed by atoms with van der Waals surface area (Å²) in [6.07, 6.45) is 27.0. The lowest BCUT2D eigenvalue weighted by Gasteiger charge is -2.18. The lowest BCUT2D eigenvalue weighted by Crippen LogP contribution is -2.29. The fourth-order valence-electron chi connectivity index (χ4n) is 4.74. The van der Waals surface area contributed by atoms with Crippen molar-refractivity contribution in [1.82, 2.24) is 0 Å². The molecule has 0 N–H and O–H groups in total. The van der Waals surface area contributed by atoms with Crippen LogP contribution in [0, 0.1) is 0 Å². The lowest BCUT2D eigenvalue weighted by molar-refractivity contribution is -0.174. The van der Waals surface area contributed by atoms with Crippen LogP contribution in [0.5, 0.6) is 0 Å². The van der Waals surface area contributed by atoms with E-state index >= 15 is 0 Å². The van der Waals surface area contributed by atoms with E-state index in [2.05, 4.69) is 13.8 Å². The largest absolute Gasteiger partial charge is 0.463 e.